The van der Waals surface area contributed by atoms with Crippen molar-refractivity contribution in [2.24, 2.45) is 5.10 Å². The predicted octanol–water partition coefficient (Wildman–Crippen LogP) is 9.39. The molecule has 7 nitrogen and oxygen atoms in total. The third-order valence-electron chi connectivity index (χ3n) is 8.38. The number of anilines is 1. The van der Waals surface area contributed by atoms with Crippen LogP contribution in [0.5, 0.6) is 0 Å². The second kappa shape index (κ2) is 13.1. The summed E-state index contributed by atoms with van der Waals surface area (Å²) in [5.41, 5.74) is 13.4. The van der Waals surface area contributed by atoms with Gasteiger partial charge in [-0.2, -0.15) is 5.10 Å². The molecule has 0 atom stereocenters. The molecule has 7 heteroatoms. The molecule has 0 saturated heterocycles. The summed E-state index contributed by atoms with van der Waals surface area (Å²) < 4.78 is 0. The van der Waals surface area contributed by atoms with Crippen molar-refractivity contribution in [1.29, 1.82) is 5.41 Å². The van der Waals surface area contributed by atoms with Gasteiger partial charge < -0.3 is 0 Å². The summed E-state index contributed by atoms with van der Waals surface area (Å²) in [6, 6.07) is 42.4. The van der Waals surface area contributed by atoms with Crippen LogP contribution in [0.3, 0.4) is 0 Å². The SMILES string of the molecule is N=C1C=C(c2cccc(-c3cccnc3)n2)C=C(c2cccc(-c3cccnc3)n2)C1=NNc1ccc(-c2cccc3ccccc23)cc1. The maximum Gasteiger partial charge on any atom is 0.118 e. The number of allylic oxidation sites excluding steroid dienone is 4. The molecule has 1 aliphatic carbocycles. The van der Waals surface area contributed by atoms with E-state index in [1.54, 1.807) is 30.9 Å². The van der Waals surface area contributed by atoms with Gasteiger partial charge in [-0.25, -0.2) is 9.97 Å². The minimum Gasteiger partial charge on any atom is -0.299 e. The largest absolute Gasteiger partial charge is 0.299 e. The van der Waals surface area contributed by atoms with Gasteiger partial charge in [0.05, 0.1) is 34.2 Å². The molecule has 7 aromatic rings. The molecule has 0 aliphatic heterocycles. The summed E-state index contributed by atoms with van der Waals surface area (Å²) in [5, 5.41) is 16.4. The van der Waals surface area contributed by atoms with Crippen molar-refractivity contribution in [2.75, 3.05) is 5.43 Å². The first-order valence-corrected chi connectivity index (χ1v) is 15.9. The van der Waals surface area contributed by atoms with Crippen molar-refractivity contribution in [1.82, 2.24) is 19.9 Å². The fourth-order valence-corrected chi connectivity index (χ4v) is 5.95. The third kappa shape index (κ3) is 6.16. The Labute approximate surface area is 283 Å². The average Bonchev–Trinajstić information content (AvgIpc) is 3.18. The highest BCUT2D eigenvalue weighted by Crippen LogP contribution is 2.32. The number of benzene rings is 3. The van der Waals surface area contributed by atoms with Crippen LogP contribution >= 0.6 is 0 Å². The van der Waals surface area contributed by atoms with E-state index in [0.29, 0.717) is 17.0 Å². The number of rotatable bonds is 7. The molecule has 1 aliphatic rings. The van der Waals surface area contributed by atoms with E-state index in [9.17, 15) is 0 Å². The first kappa shape index (κ1) is 29.5. The second-order valence-electron chi connectivity index (χ2n) is 11.5. The number of nitrogens with zero attached hydrogens (tertiary/aromatic N) is 5. The fraction of sp³-hybridized carbons (Fsp3) is 0. The van der Waals surface area contributed by atoms with E-state index in [4.69, 9.17) is 20.5 Å². The van der Waals surface area contributed by atoms with E-state index in [0.717, 1.165) is 45.0 Å². The molecular weight excluding hydrogens is 603 g/mol. The molecule has 8 rings (SSSR count). The van der Waals surface area contributed by atoms with Crippen LogP contribution in [0.4, 0.5) is 5.69 Å². The second-order valence-corrected chi connectivity index (χ2v) is 11.5. The van der Waals surface area contributed by atoms with Gasteiger partial charge in [0.25, 0.3) is 0 Å². The van der Waals surface area contributed by atoms with Crippen LogP contribution in [0, 0.1) is 5.41 Å². The van der Waals surface area contributed by atoms with Crippen LogP contribution in [0.25, 0.3) is 55.6 Å². The number of hydrogen-bond donors (Lipinski definition) is 2. The Kier molecular flexibility index (Phi) is 7.89. The quantitative estimate of drug-likeness (QED) is 0.135. The lowest BCUT2D eigenvalue weighted by molar-refractivity contribution is 1.24. The molecule has 3 aromatic carbocycles. The normalized spacial score (nSPS) is 13.6. The van der Waals surface area contributed by atoms with E-state index in [1.165, 1.54) is 16.3 Å². The van der Waals surface area contributed by atoms with Crippen molar-refractivity contribution in [2.45, 2.75) is 0 Å². The lowest BCUT2D eigenvalue weighted by Crippen LogP contribution is -2.19. The Bertz CT molecular complexity index is 2410. The summed E-state index contributed by atoms with van der Waals surface area (Å²) in [6.45, 7) is 0. The zero-order valence-electron chi connectivity index (χ0n) is 26.3. The van der Waals surface area contributed by atoms with E-state index in [2.05, 4.69) is 70.0 Å². The maximum absolute atomic E-state index is 9.17. The predicted molar refractivity (Wildman–Crippen MR) is 199 cm³/mol. The highest BCUT2D eigenvalue weighted by molar-refractivity contribution is 6.62. The van der Waals surface area contributed by atoms with Crippen LogP contribution in [-0.2, 0) is 0 Å². The first-order chi connectivity index (χ1) is 24.2. The molecule has 0 spiro atoms. The minimum absolute atomic E-state index is 0.245. The smallest absolute Gasteiger partial charge is 0.118 e. The zero-order chi connectivity index (χ0) is 33.0. The number of nitrogens with one attached hydrogen (secondary N) is 2. The van der Waals surface area contributed by atoms with Crippen LogP contribution < -0.4 is 5.43 Å². The van der Waals surface area contributed by atoms with Gasteiger partial charge in [0, 0.05) is 47.1 Å². The summed E-state index contributed by atoms with van der Waals surface area (Å²) >= 11 is 0. The fourth-order valence-electron chi connectivity index (χ4n) is 5.95. The average molecular weight is 632 g/mol. The van der Waals surface area contributed by atoms with Gasteiger partial charge in [0.1, 0.15) is 5.71 Å². The summed E-state index contributed by atoms with van der Waals surface area (Å²) in [4.78, 5) is 18.5. The molecule has 0 bridgehead atoms. The van der Waals surface area contributed by atoms with Crippen molar-refractivity contribution in [3.63, 3.8) is 0 Å². The number of aromatic nitrogens is 4. The van der Waals surface area contributed by atoms with Gasteiger partial charge in [-0.3, -0.25) is 20.8 Å². The summed E-state index contributed by atoms with van der Waals surface area (Å²) in [7, 11) is 0. The Morgan fingerprint density at radius 3 is 1.88 bits per heavy atom. The lowest BCUT2D eigenvalue weighted by atomic mass is 9.91. The number of pyridine rings is 4. The molecule has 0 amide bonds. The van der Waals surface area contributed by atoms with Crippen LogP contribution in [0.1, 0.15) is 11.4 Å². The maximum atomic E-state index is 9.17. The van der Waals surface area contributed by atoms with Crippen molar-refractivity contribution in [3.05, 3.63) is 176 Å². The van der Waals surface area contributed by atoms with E-state index < -0.39 is 0 Å². The molecule has 0 unspecified atom stereocenters. The van der Waals surface area contributed by atoms with Crippen LogP contribution in [0.15, 0.2) is 169 Å². The molecule has 232 valence electrons. The molecular formula is C42H29N7. The van der Waals surface area contributed by atoms with Crippen LogP contribution in [-0.4, -0.2) is 31.4 Å². The monoisotopic (exact) mass is 631 g/mol. The summed E-state index contributed by atoms with van der Waals surface area (Å²) in [6.07, 6.45) is 10.9. The molecule has 0 fully saturated rings. The third-order valence-corrected chi connectivity index (χ3v) is 8.38. The van der Waals surface area contributed by atoms with Crippen molar-refractivity contribution < 1.29 is 0 Å². The van der Waals surface area contributed by atoms with Crippen LogP contribution in [0.2, 0.25) is 0 Å². The molecule has 4 heterocycles. The topological polar surface area (TPSA) is 99.8 Å². The lowest BCUT2D eigenvalue weighted by Gasteiger charge is -2.18. The number of fused-ring (bicyclic) bond motifs is 1. The van der Waals surface area contributed by atoms with Gasteiger partial charge in [-0.15, -0.1) is 0 Å². The molecule has 0 radical (unpaired) electrons. The highest BCUT2D eigenvalue weighted by Gasteiger charge is 2.23. The van der Waals surface area contributed by atoms with Crippen molar-refractivity contribution in [3.8, 4) is 33.6 Å². The Morgan fingerprint density at radius 2 is 1.16 bits per heavy atom. The summed E-state index contributed by atoms with van der Waals surface area (Å²) in [5.74, 6) is 0. The Balaban J connectivity index is 1.15. The van der Waals surface area contributed by atoms with Gasteiger partial charge >= 0.3 is 0 Å². The standard InChI is InChI=1S/C42H29N7/c43-37-25-32(40-16-4-14-38(46-40)30-10-6-22-44-26-30)24-36(41-17-5-15-39(47-41)31-11-7-23-45-27-31)42(37)49-48-33-20-18-29(19-21-33)35-13-3-9-28-8-1-2-12-34(28)35/h1-27,43,48H. The Hall–Kier alpha value is -6.86. The van der Waals surface area contributed by atoms with Gasteiger partial charge in [0.2, 0.25) is 0 Å². The van der Waals surface area contributed by atoms with Gasteiger partial charge in [-0.05, 0) is 94.7 Å². The minimum atomic E-state index is 0.245. The van der Waals surface area contributed by atoms with Gasteiger partial charge in [-0.1, -0.05) is 66.7 Å². The van der Waals surface area contributed by atoms with Gasteiger partial charge in [0.15, 0.2) is 0 Å². The number of hydrogen-bond acceptors (Lipinski definition) is 7. The molecule has 2 N–H and O–H groups in total. The number of hydrazone groups is 1. The molecule has 4 aromatic heterocycles. The zero-order valence-corrected chi connectivity index (χ0v) is 26.3. The Morgan fingerprint density at radius 1 is 0.531 bits per heavy atom. The van der Waals surface area contributed by atoms with Crippen molar-refractivity contribution >= 4 is 39.0 Å². The first-order valence-electron chi connectivity index (χ1n) is 15.9. The van der Waals surface area contributed by atoms with E-state index >= 15 is 0 Å². The highest BCUT2D eigenvalue weighted by atomic mass is 15.3. The van der Waals surface area contributed by atoms with E-state index in [-0.39, 0.29) is 5.71 Å². The molecule has 49 heavy (non-hydrogen) atoms. The molecule has 0 saturated carbocycles. The van der Waals surface area contributed by atoms with E-state index in [1.807, 2.05) is 78.9 Å².